The lowest BCUT2D eigenvalue weighted by Gasteiger charge is -2.14. The molecule has 0 saturated heterocycles. The van der Waals surface area contributed by atoms with E-state index in [1.54, 1.807) is 10.6 Å². The molecule has 0 aliphatic rings. The van der Waals surface area contributed by atoms with Crippen LogP contribution in [0.25, 0.3) is 16.6 Å². The maximum Gasteiger partial charge on any atom is 0.266 e. The zero-order valence-corrected chi connectivity index (χ0v) is 16.5. The molecule has 0 amide bonds. The number of para-hydroxylation sites is 2. The Labute approximate surface area is 166 Å². The maximum absolute atomic E-state index is 13.2. The van der Waals surface area contributed by atoms with Crippen LogP contribution in [0.3, 0.4) is 0 Å². The van der Waals surface area contributed by atoms with Crippen LogP contribution in [0.15, 0.2) is 69.1 Å². The van der Waals surface area contributed by atoms with Gasteiger partial charge in [0, 0.05) is 6.42 Å². The lowest BCUT2D eigenvalue weighted by Crippen LogP contribution is -2.21. The molecule has 0 saturated carbocycles. The van der Waals surface area contributed by atoms with E-state index in [0.717, 1.165) is 18.5 Å². The number of fused-ring (bicyclic) bond motifs is 1. The van der Waals surface area contributed by atoms with Crippen LogP contribution < -0.4 is 5.56 Å². The molecule has 0 bridgehead atoms. The Hall–Kier alpha value is -2.93. The maximum atomic E-state index is 13.2. The van der Waals surface area contributed by atoms with Crippen molar-refractivity contribution in [3.05, 3.63) is 76.7 Å². The van der Waals surface area contributed by atoms with Crippen molar-refractivity contribution in [3.8, 4) is 5.69 Å². The first-order chi connectivity index (χ1) is 13.7. The van der Waals surface area contributed by atoms with Gasteiger partial charge in [-0.05, 0) is 37.6 Å². The molecule has 0 spiro atoms. The minimum absolute atomic E-state index is 0.0938. The summed E-state index contributed by atoms with van der Waals surface area (Å²) in [4.78, 5) is 22.4. The number of aromatic nitrogens is 4. The van der Waals surface area contributed by atoms with Crippen LogP contribution in [0.4, 0.5) is 0 Å². The molecule has 0 aliphatic carbocycles. The Balaban J connectivity index is 1.79. The van der Waals surface area contributed by atoms with Crippen LogP contribution in [-0.2, 0) is 6.42 Å². The summed E-state index contributed by atoms with van der Waals surface area (Å²) < 4.78 is 7.06. The predicted octanol–water partition coefficient (Wildman–Crippen LogP) is 4.57. The van der Waals surface area contributed by atoms with E-state index in [1.165, 1.54) is 11.8 Å². The molecule has 2 aromatic heterocycles. The highest BCUT2D eigenvalue weighted by molar-refractivity contribution is 7.99. The number of thioether (sulfide) groups is 1. The molecule has 0 N–H and O–H groups in total. The van der Waals surface area contributed by atoms with E-state index >= 15 is 0 Å². The van der Waals surface area contributed by atoms with E-state index in [0.29, 0.717) is 27.8 Å². The Morgan fingerprint density at radius 3 is 2.61 bits per heavy atom. The van der Waals surface area contributed by atoms with E-state index < -0.39 is 0 Å². The van der Waals surface area contributed by atoms with Gasteiger partial charge in [0.1, 0.15) is 0 Å². The van der Waals surface area contributed by atoms with Gasteiger partial charge in [-0.25, -0.2) is 4.98 Å². The third-order valence-corrected chi connectivity index (χ3v) is 5.39. The van der Waals surface area contributed by atoms with Gasteiger partial charge in [0.05, 0.1) is 21.8 Å². The van der Waals surface area contributed by atoms with E-state index in [1.807, 2.05) is 55.5 Å². The van der Waals surface area contributed by atoms with Crippen molar-refractivity contribution >= 4 is 22.7 Å². The van der Waals surface area contributed by atoms with Crippen molar-refractivity contribution in [2.45, 2.75) is 37.1 Å². The summed E-state index contributed by atoms with van der Waals surface area (Å²) in [5.74, 6) is 1.24. The largest absolute Gasteiger partial charge is 0.338 e. The van der Waals surface area contributed by atoms with Gasteiger partial charge in [0.15, 0.2) is 11.0 Å². The molecule has 7 heteroatoms. The molecule has 142 valence electrons. The predicted molar refractivity (Wildman–Crippen MR) is 110 cm³/mol. The Kier molecular flexibility index (Phi) is 5.25. The monoisotopic (exact) mass is 392 g/mol. The highest BCUT2D eigenvalue weighted by Crippen LogP contribution is 2.34. The molecule has 6 nitrogen and oxygen atoms in total. The topological polar surface area (TPSA) is 73.8 Å². The third-order valence-electron chi connectivity index (χ3n) is 4.35. The summed E-state index contributed by atoms with van der Waals surface area (Å²) in [5.41, 5.74) is 1.35. The van der Waals surface area contributed by atoms with Crippen LogP contribution >= 0.6 is 11.8 Å². The number of aryl methyl sites for hydroxylation is 1. The van der Waals surface area contributed by atoms with Gasteiger partial charge in [-0.2, -0.15) is 4.98 Å². The van der Waals surface area contributed by atoms with E-state index in [4.69, 9.17) is 9.51 Å². The number of hydrogen-bond donors (Lipinski definition) is 0. The van der Waals surface area contributed by atoms with Gasteiger partial charge in [-0.15, -0.1) is 0 Å². The molecular weight excluding hydrogens is 372 g/mol. The number of rotatable bonds is 6. The molecule has 2 aromatic carbocycles. The van der Waals surface area contributed by atoms with Crippen LogP contribution in [-0.4, -0.2) is 19.7 Å². The first kappa shape index (κ1) is 18.4. The summed E-state index contributed by atoms with van der Waals surface area (Å²) >= 11 is 1.43. The molecule has 0 aliphatic heterocycles. The lowest BCUT2D eigenvalue weighted by atomic mass is 10.2. The summed E-state index contributed by atoms with van der Waals surface area (Å²) in [6.07, 6.45) is 1.74. The molecular formula is C21H20N4O2S. The molecule has 0 radical (unpaired) electrons. The average Bonchev–Trinajstić information content (AvgIpc) is 3.18. The molecule has 28 heavy (non-hydrogen) atoms. The van der Waals surface area contributed by atoms with Crippen LogP contribution in [0.2, 0.25) is 0 Å². The van der Waals surface area contributed by atoms with Crippen LogP contribution in [0, 0.1) is 0 Å². The third kappa shape index (κ3) is 3.57. The second-order valence-electron chi connectivity index (χ2n) is 6.45. The second-order valence-corrected chi connectivity index (χ2v) is 7.75. The van der Waals surface area contributed by atoms with Crippen molar-refractivity contribution in [2.24, 2.45) is 0 Å². The van der Waals surface area contributed by atoms with Crippen molar-refractivity contribution in [1.29, 1.82) is 0 Å². The van der Waals surface area contributed by atoms with Gasteiger partial charge >= 0.3 is 0 Å². The lowest BCUT2D eigenvalue weighted by molar-refractivity contribution is 0.374. The number of nitrogens with zero attached hydrogens (tertiary/aromatic N) is 4. The van der Waals surface area contributed by atoms with E-state index in [-0.39, 0.29) is 10.8 Å². The Bertz CT molecular complexity index is 1150. The molecule has 1 unspecified atom stereocenters. The number of hydrogen-bond acceptors (Lipinski definition) is 6. The van der Waals surface area contributed by atoms with Gasteiger partial charge in [0.2, 0.25) is 5.89 Å². The zero-order chi connectivity index (χ0) is 19.5. The number of benzene rings is 2. The van der Waals surface area contributed by atoms with E-state index in [9.17, 15) is 4.79 Å². The summed E-state index contributed by atoms with van der Waals surface area (Å²) in [5, 5.41) is 5.07. The van der Waals surface area contributed by atoms with Crippen LogP contribution in [0.5, 0.6) is 0 Å². The van der Waals surface area contributed by atoms with Crippen LogP contribution in [0.1, 0.15) is 37.2 Å². The SMILES string of the molecule is CCCc1noc(C(C)Sc2nc3ccccc3c(=O)n2-c2ccccc2)n1. The quantitative estimate of drug-likeness (QED) is 0.353. The molecule has 4 aromatic rings. The summed E-state index contributed by atoms with van der Waals surface area (Å²) in [7, 11) is 0. The average molecular weight is 392 g/mol. The molecule has 0 fully saturated rings. The zero-order valence-electron chi connectivity index (χ0n) is 15.7. The first-order valence-electron chi connectivity index (χ1n) is 9.23. The van der Waals surface area contributed by atoms with Gasteiger partial charge < -0.3 is 4.52 Å². The molecule has 4 rings (SSSR count). The highest BCUT2D eigenvalue weighted by atomic mass is 32.2. The standard InChI is InChI=1S/C21H20N4O2S/c1-3-9-18-23-19(27-24-18)14(2)28-21-22-17-13-8-7-12-16(17)20(26)25(21)15-10-5-4-6-11-15/h4-8,10-14H,3,9H2,1-2H3. The van der Waals surface area contributed by atoms with Crippen molar-refractivity contribution in [3.63, 3.8) is 0 Å². The minimum Gasteiger partial charge on any atom is -0.338 e. The fourth-order valence-electron chi connectivity index (χ4n) is 2.96. The molecule has 2 heterocycles. The van der Waals surface area contributed by atoms with Crippen molar-refractivity contribution < 1.29 is 4.52 Å². The Morgan fingerprint density at radius 1 is 1.07 bits per heavy atom. The fraction of sp³-hybridized carbons (Fsp3) is 0.238. The van der Waals surface area contributed by atoms with Crippen molar-refractivity contribution in [2.75, 3.05) is 0 Å². The normalized spacial score (nSPS) is 12.4. The first-order valence-corrected chi connectivity index (χ1v) is 10.1. The molecule has 1 atom stereocenters. The van der Waals surface area contributed by atoms with Gasteiger partial charge in [0.25, 0.3) is 5.56 Å². The Morgan fingerprint density at radius 2 is 1.82 bits per heavy atom. The fourth-order valence-corrected chi connectivity index (χ4v) is 3.92. The van der Waals surface area contributed by atoms with Gasteiger partial charge in [-0.1, -0.05) is 54.2 Å². The smallest absolute Gasteiger partial charge is 0.266 e. The highest BCUT2D eigenvalue weighted by Gasteiger charge is 2.20. The van der Waals surface area contributed by atoms with Crippen molar-refractivity contribution in [1.82, 2.24) is 19.7 Å². The van der Waals surface area contributed by atoms with E-state index in [2.05, 4.69) is 17.1 Å². The summed E-state index contributed by atoms with van der Waals surface area (Å²) in [6, 6.07) is 16.9. The summed E-state index contributed by atoms with van der Waals surface area (Å²) in [6.45, 7) is 4.05. The second kappa shape index (κ2) is 7.98. The minimum atomic E-state index is -0.138. The van der Waals surface area contributed by atoms with Gasteiger partial charge in [-0.3, -0.25) is 9.36 Å².